The Hall–Kier alpha value is -1.36. The van der Waals surface area contributed by atoms with Crippen LogP contribution in [0.3, 0.4) is 0 Å². The highest BCUT2D eigenvalue weighted by molar-refractivity contribution is 5.49. The summed E-state index contributed by atoms with van der Waals surface area (Å²) in [5.41, 5.74) is 6.23. The number of para-hydroxylation sites is 1. The molecular weight excluding hydrogens is 204 g/mol. The van der Waals surface area contributed by atoms with Crippen molar-refractivity contribution in [2.45, 2.75) is 18.9 Å². The lowest BCUT2D eigenvalue weighted by molar-refractivity contribution is 0.127. The number of halogens is 2. The lowest BCUT2D eigenvalue weighted by atomic mass is 10.0. The Bertz CT molecular complexity index is 357. The highest BCUT2D eigenvalue weighted by atomic mass is 19.3. The average Bonchev–Trinajstić information content (AvgIpc) is 2.63. The van der Waals surface area contributed by atoms with Crippen molar-refractivity contribution in [2.75, 3.05) is 6.79 Å². The first-order chi connectivity index (χ1) is 7.18. The predicted octanol–water partition coefficient (Wildman–Crippen LogP) is 2.07. The first kappa shape index (κ1) is 10.2. The standard InChI is InChI=1S/C10H11F2NO2/c11-9(12)4-7(13)6-2-1-3-8-10(6)15-5-14-8/h1-3,7,9H,4-5,13H2/t7-/m0/s1. The minimum absolute atomic E-state index is 0.119. The van der Waals surface area contributed by atoms with Gasteiger partial charge >= 0.3 is 0 Å². The molecule has 0 aliphatic carbocycles. The Labute approximate surface area is 85.8 Å². The molecule has 0 aromatic heterocycles. The fourth-order valence-corrected chi connectivity index (χ4v) is 1.56. The zero-order valence-electron chi connectivity index (χ0n) is 7.95. The average molecular weight is 215 g/mol. The van der Waals surface area contributed by atoms with Gasteiger partial charge in [0.15, 0.2) is 11.5 Å². The smallest absolute Gasteiger partial charge is 0.240 e. The summed E-state index contributed by atoms with van der Waals surface area (Å²) < 4.78 is 34.7. The van der Waals surface area contributed by atoms with Crippen LogP contribution in [0.25, 0.3) is 0 Å². The minimum atomic E-state index is -2.42. The van der Waals surface area contributed by atoms with Crippen LogP contribution in [0.4, 0.5) is 8.78 Å². The van der Waals surface area contributed by atoms with Crippen molar-refractivity contribution in [3.05, 3.63) is 23.8 Å². The van der Waals surface area contributed by atoms with Gasteiger partial charge < -0.3 is 15.2 Å². The Morgan fingerprint density at radius 1 is 1.33 bits per heavy atom. The number of benzene rings is 1. The maximum absolute atomic E-state index is 12.2. The summed E-state index contributed by atoms with van der Waals surface area (Å²) in [7, 11) is 0. The topological polar surface area (TPSA) is 44.5 Å². The molecule has 0 saturated carbocycles. The lowest BCUT2D eigenvalue weighted by Gasteiger charge is -2.13. The fourth-order valence-electron chi connectivity index (χ4n) is 1.56. The molecule has 0 saturated heterocycles. The molecule has 0 fully saturated rings. The normalized spacial score (nSPS) is 15.7. The van der Waals surface area contributed by atoms with Gasteiger partial charge in [-0.25, -0.2) is 8.78 Å². The van der Waals surface area contributed by atoms with E-state index in [1.54, 1.807) is 18.2 Å². The molecule has 2 rings (SSSR count). The summed E-state index contributed by atoms with van der Waals surface area (Å²) in [5, 5.41) is 0. The van der Waals surface area contributed by atoms with Gasteiger partial charge in [-0.3, -0.25) is 0 Å². The quantitative estimate of drug-likeness (QED) is 0.839. The van der Waals surface area contributed by atoms with Gasteiger partial charge in [0.1, 0.15) is 0 Å². The molecule has 1 atom stereocenters. The molecule has 15 heavy (non-hydrogen) atoms. The summed E-state index contributed by atoms with van der Waals surface area (Å²) >= 11 is 0. The number of ether oxygens (including phenoxy) is 2. The van der Waals surface area contributed by atoms with Crippen molar-refractivity contribution in [1.82, 2.24) is 0 Å². The SMILES string of the molecule is N[C@@H](CC(F)F)c1cccc2c1OCO2. The molecule has 0 bridgehead atoms. The van der Waals surface area contributed by atoms with Crippen LogP contribution in [0, 0.1) is 0 Å². The second kappa shape index (κ2) is 4.02. The van der Waals surface area contributed by atoms with Gasteiger partial charge in [0, 0.05) is 18.0 Å². The van der Waals surface area contributed by atoms with Crippen LogP contribution in [0.15, 0.2) is 18.2 Å². The van der Waals surface area contributed by atoms with Crippen LogP contribution in [0.5, 0.6) is 11.5 Å². The van der Waals surface area contributed by atoms with Crippen molar-refractivity contribution in [3.8, 4) is 11.5 Å². The molecule has 82 valence electrons. The van der Waals surface area contributed by atoms with E-state index >= 15 is 0 Å². The minimum Gasteiger partial charge on any atom is -0.454 e. The van der Waals surface area contributed by atoms with Crippen molar-refractivity contribution in [3.63, 3.8) is 0 Å². The van der Waals surface area contributed by atoms with Gasteiger partial charge in [-0.05, 0) is 6.07 Å². The van der Waals surface area contributed by atoms with E-state index in [-0.39, 0.29) is 13.2 Å². The molecule has 1 heterocycles. The Balaban J connectivity index is 2.24. The van der Waals surface area contributed by atoms with Crippen molar-refractivity contribution >= 4 is 0 Å². The van der Waals surface area contributed by atoms with Gasteiger partial charge in [0.05, 0.1) is 0 Å². The third-order valence-corrected chi connectivity index (χ3v) is 2.26. The third kappa shape index (κ3) is 2.02. The number of hydrogen-bond acceptors (Lipinski definition) is 3. The van der Waals surface area contributed by atoms with E-state index in [1.165, 1.54) is 0 Å². The first-order valence-corrected chi connectivity index (χ1v) is 4.60. The largest absolute Gasteiger partial charge is 0.454 e. The van der Waals surface area contributed by atoms with Crippen molar-refractivity contribution in [2.24, 2.45) is 5.73 Å². The van der Waals surface area contributed by atoms with Gasteiger partial charge in [0.2, 0.25) is 13.2 Å². The van der Waals surface area contributed by atoms with E-state index in [0.717, 1.165) is 0 Å². The summed E-state index contributed by atoms with van der Waals surface area (Å²) in [6.07, 6.45) is -2.79. The first-order valence-electron chi connectivity index (χ1n) is 4.60. The maximum Gasteiger partial charge on any atom is 0.240 e. The molecular formula is C10H11F2NO2. The van der Waals surface area contributed by atoms with Crippen LogP contribution in [-0.4, -0.2) is 13.2 Å². The zero-order valence-corrected chi connectivity index (χ0v) is 7.95. The second-order valence-corrected chi connectivity index (χ2v) is 3.31. The van der Waals surface area contributed by atoms with Gasteiger partial charge in [0.25, 0.3) is 0 Å². The summed E-state index contributed by atoms with van der Waals surface area (Å²) in [6.45, 7) is 0.119. The molecule has 5 heteroatoms. The Morgan fingerprint density at radius 3 is 2.87 bits per heavy atom. The van der Waals surface area contributed by atoms with Crippen LogP contribution in [0.1, 0.15) is 18.0 Å². The number of rotatable bonds is 3. The van der Waals surface area contributed by atoms with Crippen LogP contribution in [0.2, 0.25) is 0 Å². The molecule has 3 nitrogen and oxygen atoms in total. The molecule has 0 spiro atoms. The second-order valence-electron chi connectivity index (χ2n) is 3.31. The molecule has 1 aliphatic rings. The monoisotopic (exact) mass is 215 g/mol. The Morgan fingerprint density at radius 2 is 2.13 bits per heavy atom. The lowest BCUT2D eigenvalue weighted by Crippen LogP contribution is -2.14. The van der Waals surface area contributed by atoms with Crippen LogP contribution >= 0.6 is 0 Å². The van der Waals surface area contributed by atoms with E-state index in [4.69, 9.17) is 15.2 Å². The molecule has 0 amide bonds. The van der Waals surface area contributed by atoms with Gasteiger partial charge in [-0.2, -0.15) is 0 Å². The fraction of sp³-hybridized carbons (Fsp3) is 0.400. The number of nitrogens with two attached hydrogens (primary N) is 1. The summed E-state index contributed by atoms with van der Waals surface area (Å²) in [5.74, 6) is 1.06. The predicted molar refractivity (Wildman–Crippen MR) is 50.1 cm³/mol. The zero-order chi connectivity index (χ0) is 10.8. The van der Waals surface area contributed by atoms with Gasteiger partial charge in [-0.15, -0.1) is 0 Å². The van der Waals surface area contributed by atoms with Crippen molar-refractivity contribution in [1.29, 1.82) is 0 Å². The highest BCUT2D eigenvalue weighted by Gasteiger charge is 2.22. The van der Waals surface area contributed by atoms with E-state index < -0.39 is 12.5 Å². The van der Waals surface area contributed by atoms with Crippen molar-refractivity contribution < 1.29 is 18.3 Å². The molecule has 2 N–H and O–H groups in total. The third-order valence-electron chi connectivity index (χ3n) is 2.26. The maximum atomic E-state index is 12.2. The molecule has 0 unspecified atom stereocenters. The van der Waals surface area contributed by atoms with E-state index in [0.29, 0.717) is 17.1 Å². The van der Waals surface area contributed by atoms with E-state index in [9.17, 15) is 8.78 Å². The van der Waals surface area contributed by atoms with Crippen LogP contribution in [-0.2, 0) is 0 Å². The Kier molecular flexibility index (Phi) is 2.73. The molecule has 1 aromatic carbocycles. The molecule has 1 aromatic rings. The number of hydrogen-bond donors (Lipinski definition) is 1. The van der Waals surface area contributed by atoms with E-state index in [1.807, 2.05) is 0 Å². The van der Waals surface area contributed by atoms with Gasteiger partial charge in [-0.1, -0.05) is 12.1 Å². The summed E-state index contributed by atoms with van der Waals surface area (Å²) in [4.78, 5) is 0. The molecule has 0 radical (unpaired) electrons. The summed E-state index contributed by atoms with van der Waals surface area (Å²) in [6, 6.07) is 4.40. The number of fused-ring (bicyclic) bond motifs is 1. The van der Waals surface area contributed by atoms with Crippen LogP contribution < -0.4 is 15.2 Å². The molecule has 1 aliphatic heterocycles. The number of alkyl halides is 2. The van der Waals surface area contributed by atoms with E-state index in [2.05, 4.69) is 0 Å². The highest BCUT2D eigenvalue weighted by Crippen LogP contribution is 2.38.